The van der Waals surface area contributed by atoms with E-state index in [1.54, 1.807) is 47.4 Å². The topological polar surface area (TPSA) is 93.4 Å². The number of benzene rings is 4. The first-order chi connectivity index (χ1) is 20.4. The number of rotatable bonds is 8. The van der Waals surface area contributed by atoms with Gasteiger partial charge in [0.15, 0.2) is 23.3 Å². The van der Waals surface area contributed by atoms with Crippen molar-refractivity contribution in [2.75, 3.05) is 11.4 Å². The zero-order chi connectivity index (χ0) is 31.7. The Morgan fingerprint density at radius 2 is 1.44 bits per heavy atom. The third-order valence-corrected chi connectivity index (χ3v) is 6.47. The maximum atomic E-state index is 13.0. The molecule has 0 saturated heterocycles. The van der Waals surface area contributed by atoms with Gasteiger partial charge in [0.2, 0.25) is 11.7 Å². The second-order valence-electron chi connectivity index (χ2n) is 8.79. The number of carboxylic acids is 1. The van der Waals surface area contributed by atoms with Gasteiger partial charge in [-0.05, 0) is 59.7 Å². The highest BCUT2D eigenvalue weighted by molar-refractivity contribution is 7.80. The van der Waals surface area contributed by atoms with Crippen LogP contribution < -0.4 is 10.2 Å². The number of nitriles is 1. The highest BCUT2D eigenvalue weighted by atomic mass is 35.5. The number of carboxylic acid groups (broad SMARTS) is 1. The Morgan fingerprint density at radius 3 is 2.00 bits per heavy atom. The summed E-state index contributed by atoms with van der Waals surface area (Å²) in [5, 5.41) is 22.0. The van der Waals surface area contributed by atoms with E-state index in [4.69, 9.17) is 22.0 Å². The maximum absolute atomic E-state index is 13.0. The molecule has 222 valence electrons. The normalized spacial score (nSPS) is 10.4. The van der Waals surface area contributed by atoms with Crippen molar-refractivity contribution in [1.29, 1.82) is 5.26 Å². The van der Waals surface area contributed by atoms with Crippen molar-refractivity contribution in [2.45, 2.75) is 18.0 Å². The van der Waals surface area contributed by atoms with Crippen LogP contribution in [-0.4, -0.2) is 23.5 Å². The van der Waals surface area contributed by atoms with E-state index in [2.05, 4.69) is 24.0 Å². The molecule has 1 amide bonds. The lowest BCUT2D eigenvalue weighted by molar-refractivity contribution is -0.118. The molecule has 0 radical (unpaired) electrons. The molecular weight excluding hydrogens is 613 g/mol. The van der Waals surface area contributed by atoms with Gasteiger partial charge in [0.05, 0.1) is 35.2 Å². The summed E-state index contributed by atoms with van der Waals surface area (Å²) in [6.07, 6.45) is 0. The number of amides is 1. The summed E-state index contributed by atoms with van der Waals surface area (Å²) in [7, 11) is 0. The molecule has 0 unspecified atom stereocenters. The van der Waals surface area contributed by atoms with Gasteiger partial charge in [-0.3, -0.25) is 4.79 Å². The Hall–Kier alpha value is -4.44. The monoisotopic (exact) mass is 633 g/mol. The Balaban J connectivity index is 0.000000353. The number of thiol groups is 1. The van der Waals surface area contributed by atoms with Crippen LogP contribution >= 0.6 is 24.2 Å². The minimum atomic E-state index is -2.18. The predicted octanol–water partition coefficient (Wildman–Crippen LogP) is 6.90. The average molecular weight is 634 g/mol. The van der Waals surface area contributed by atoms with E-state index in [-0.39, 0.29) is 24.6 Å². The van der Waals surface area contributed by atoms with Gasteiger partial charge in [-0.25, -0.2) is 26.7 Å². The molecule has 0 heterocycles. The SMILES string of the molecule is Fc1c(F)c(F)c(S)c(F)c1F.N#Cc1cccc(CN(C(=O)CNCc2ccc(Cl)cc2)c2ccc(C(=O)O)cc2)c1. The first-order valence-electron chi connectivity index (χ1n) is 12.2. The van der Waals surface area contributed by atoms with Crippen LogP contribution in [0.5, 0.6) is 0 Å². The fourth-order valence-corrected chi connectivity index (χ4v) is 3.96. The molecule has 4 aromatic rings. The number of carbonyl (C=O) groups excluding carboxylic acids is 1. The van der Waals surface area contributed by atoms with Gasteiger partial charge in [0, 0.05) is 17.3 Å². The Kier molecular flexibility index (Phi) is 11.7. The van der Waals surface area contributed by atoms with Crippen molar-refractivity contribution in [3.8, 4) is 6.07 Å². The van der Waals surface area contributed by atoms with Crippen molar-refractivity contribution in [3.05, 3.63) is 129 Å². The van der Waals surface area contributed by atoms with Crippen molar-refractivity contribution in [2.24, 2.45) is 0 Å². The summed E-state index contributed by atoms with van der Waals surface area (Å²) >= 11 is 9.00. The molecule has 0 fully saturated rings. The molecule has 0 aliphatic carbocycles. The number of anilines is 1. The van der Waals surface area contributed by atoms with Gasteiger partial charge >= 0.3 is 5.97 Å². The molecule has 43 heavy (non-hydrogen) atoms. The quantitative estimate of drug-likeness (QED) is 0.0849. The van der Waals surface area contributed by atoms with Crippen LogP contribution in [0.4, 0.5) is 27.6 Å². The Morgan fingerprint density at radius 1 is 0.860 bits per heavy atom. The molecule has 0 aliphatic heterocycles. The third-order valence-electron chi connectivity index (χ3n) is 5.83. The lowest BCUT2D eigenvalue weighted by Gasteiger charge is -2.23. The molecule has 0 aliphatic rings. The minimum Gasteiger partial charge on any atom is -0.478 e. The van der Waals surface area contributed by atoms with Gasteiger partial charge in [-0.15, -0.1) is 12.6 Å². The first kappa shape index (κ1) is 33.1. The first-order valence-corrected chi connectivity index (χ1v) is 13.0. The second kappa shape index (κ2) is 15.2. The van der Waals surface area contributed by atoms with E-state index in [1.807, 2.05) is 18.2 Å². The van der Waals surface area contributed by atoms with Crippen LogP contribution in [0.25, 0.3) is 0 Å². The molecule has 13 heteroatoms. The molecule has 0 saturated carbocycles. The fourth-order valence-electron chi connectivity index (χ4n) is 3.63. The highest BCUT2D eigenvalue weighted by Crippen LogP contribution is 2.25. The highest BCUT2D eigenvalue weighted by Gasteiger charge is 2.23. The predicted molar refractivity (Wildman–Crippen MR) is 152 cm³/mol. The van der Waals surface area contributed by atoms with E-state index in [1.165, 1.54) is 12.1 Å². The smallest absolute Gasteiger partial charge is 0.335 e. The largest absolute Gasteiger partial charge is 0.478 e. The van der Waals surface area contributed by atoms with Gasteiger partial charge in [-0.2, -0.15) is 5.26 Å². The zero-order valence-corrected chi connectivity index (χ0v) is 23.6. The summed E-state index contributed by atoms with van der Waals surface area (Å²) in [6, 6.07) is 22.6. The molecule has 0 atom stereocenters. The number of carbonyl (C=O) groups is 2. The number of nitrogens with one attached hydrogen (secondary N) is 1. The number of aromatic carboxylic acids is 1. The number of hydrogen-bond acceptors (Lipinski definition) is 5. The van der Waals surface area contributed by atoms with E-state index in [0.717, 1.165) is 11.1 Å². The van der Waals surface area contributed by atoms with Crippen LogP contribution in [0.3, 0.4) is 0 Å². The Bertz CT molecular complexity index is 1560. The molecule has 0 spiro atoms. The number of hydrogen-bond donors (Lipinski definition) is 3. The molecule has 2 N–H and O–H groups in total. The number of halogens is 6. The van der Waals surface area contributed by atoms with Crippen LogP contribution in [-0.2, 0) is 17.9 Å². The van der Waals surface area contributed by atoms with Crippen LogP contribution in [0, 0.1) is 40.4 Å². The molecule has 4 rings (SSSR count). The van der Waals surface area contributed by atoms with Crippen LogP contribution in [0.2, 0.25) is 5.02 Å². The van der Waals surface area contributed by atoms with Gasteiger partial charge in [-0.1, -0.05) is 35.9 Å². The molecule has 0 aromatic heterocycles. The van der Waals surface area contributed by atoms with Crippen molar-refractivity contribution in [3.63, 3.8) is 0 Å². The zero-order valence-electron chi connectivity index (χ0n) is 21.9. The summed E-state index contributed by atoms with van der Waals surface area (Å²) in [5.41, 5.74) is 3.02. The van der Waals surface area contributed by atoms with Crippen molar-refractivity contribution < 1.29 is 36.6 Å². The molecular formula is C30H21ClF5N3O3S. The molecule has 0 bridgehead atoms. The van der Waals surface area contributed by atoms with E-state index in [0.29, 0.717) is 22.8 Å². The average Bonchev–Trinajstić information content (AvgIpc) is 3.02. The lowest BCUT2D eigenvalue weighted by atomic mass is 10.1. The minimum absolute atomic E-state index is 0.0846. The standard InChI is InChI=1S/C24H20ClN3O3.C6HF5S/c25-21-8-4-17(5-9-21)14-27-15-23(29)28(16-19-3-1-2-18(12-19)13-26)22-10-6-20(7-11-22)24(30)31;7-1-2(8)4(10)6(12)5(11)3(1)9/h1-12,27H,14-16H2,(H,30,31);12H. The lowest BCUT2D eigenvalue weighted by Crippen LogP contribution is -2.37. The second-order valence-corrected chi connectivity index (χ2v) is 9.68. The van der Waals surface area contributed by atoms with Gasteiger partial charge < -0.3 is 15.3 Å². The van der Waals surface area contributed by atoms with Crippen LogP contribution in [0.1, 0.15) is 27.0 Å². The van der Waals surface area contributed by atoms with Gasteiger partial charge in [0.1, 0.15) is 0 Å². The van der Waals surface area contributed by atoms with E-state index >= 15 is 0 Å². The Labute approximate surface area is 253 Å². The van der Waals surface area contributed by atoms with Crippen molar-refractivity contribution >= 4 is 41.8 Å². The summed E-state index contributed by atoms with van der Waals surface area (Å²) in [4.78, 5) is 24.6. The van der Waals surface area contributed by atoms with E-state index < -0.39 is 40.0 Å². The third kappa shape index (κ3) is 8.78. The summed E-state index contributed by atoms with van der Waals surface area (Å²) < 4.78 is 61.3. The summed E-state index contributed by atoms with van der Waals surface area (Å²) in [6.45, 7) is 0.837. The van der Waals surface area contributed by atoms with Crippen molar-refractivity contribution in [1.82, 2.24) is 5.32 Å². The van der Waals surface area contributed by atoms with E-state index in [9.17, 15) is 31.5 Å². The maximum Gasteiger partial charge on any atom is 0.335 e. The molecule has 6 nitrogen and oxygen atoms in total. The van der Waals surface area contributed by atoms with Gasteiger partial charge in [0.25, 0.3) is 0 Å². The molecule has 4 aromatic carbocycles. The fraction of sp³-hybridized carbons (Fsp3) is 0.100. The van der Waals surface area contributed by atoms with Crippen LogP contribution in [0.15, 0.2) is 77.7 Å². The number of nitrogens with zero attached hydrogens (tertiary/aromatic N) is 2. The summed E-state index contributed by atoms with van der Waals surface area (Å²) in [5.74, 6) is -11.2.